The molecule has 0 fully saturated rings. The first-order valence-corrected chi connectivity index (χ1v) is 4.16. The van der Waals surface area contributed by atoms with E-state index in [4.69, 9.17) is 21.1 Å². The predicted molar refractivity (Wildman–Crippen MR) is 47.3 cm³/mol. The Balaban J connectivity index is 4.08. The molecule has 13 heavy (non-hydrogen) atoms. The topological polar surface area (TPSA) is 99.6 Å². The van der Waals surface area contributed by atoms with Gasteiger partial charge in [0.05, 0.1) is 0 Å². The minimum atomic E-state index is -0.898. The summed E-state index contributed by atoms with van der Waals surface area (Å²) < 4.78 is 10.2. The Bertz CT molecular complexity index is 148. The van der Waals surface area contributed by atoms with E-state index in [0.717, 1.165) is 0 Å². The normalized spacial score (nSPS) is 13.0. The molecule has 0 aromatic carbocycles. The molecule has 0 bridgehead atoms. The van der Waals surface area contributed by atoms with Crippen molar-refractivity contribution in [3.63, 3.8) is 0 Å². The highest BCUT2D eigenvalue weighted by molar-refractivity contribution is 5.81. The molecular formula is C7H17N3O3. The van der Waals surface area contributed by atoms with Gasteiger partial charge in [0.25, 0.3) is 5.91 Å². The molecule has 5 N–H and O–H groups in total. The van der Waals surface area contributed by atoms with Gasteiger partial charge in [0, 0.05) is 13.2 Å². The van der Waals surface area contributed by atoms with Crippen LogP contribution in [0.4, 0.5) is 0 Å². The molecule has 78 valence electrons. The van der Waals surface area contributed by atoms with E-state index in [1.54, 1.807) is 13.8 Å². The van der Waals surface area contributed by atoms with E-state index < -0.39 is 18.2 Å². The number of ether oxygens (including phenoxy) is 2. The summed E-state index contributed by atoms with van der Waals surface area (Å²) in [7, 11) is 0. The van der Waals surface area contributed by atoms with Gasteiger partial charge in [0.1, 0.15) is 6.04 Å². The number of carbonyl (C=O) groups is 1. The molecular weight excluding hydrogens is 174 g/mol. The molecule has 6 nitrogen and oxygen atoms in total. The Hall–Kier alpha value is -0.690. The van der Waals surface area contributed by atoms with Crippen LogP contribution >= 0.6 is 0 Å². The lowest BCUT2D eigenvalue weighted by Gasteiger charge is -2.21. The van der Waals surface area contributed by atoms with Gasteiger partial charge in [-0.25, -0.2) is 5.84 Å². The maximum atomic E-state index is 11.0. The fourth-order valence-corrected chi connectivity index (χ4v) is 0.804. The van der Waals surface area contributed by atoms with Crippen LogP contribution in [-0.4, -0.2) is 31.5 Å². The second-order valence-electron chi connectivity index (χ2n) is 2.31. The van der Waals surface area contributed by atoms with Crippen molar-refractivity contribution in [2.45, 2.75) is 26.2 Å². The van der Waals surface area contributed by atoms with E-state index in [1.807, 2.05) is 5.43 Å². The maximum absolute atomic E-state index is 11.0. The number of hydrazine groups is 1. The molecule has 0 radical (unpaired) electrons. The highest BCUT2D eigenvalue weighted by atomic mass is 16.7. The van der Waals surface area contributed by atoms with Gasteiger partial charge in [-0.3, -0.25) is 10.2 Å². The summed E-state index contributed by atoms with van der Waals surface area (Å²) in [5, 5.41) is 0. The molecule has 1 amide bonds. The van der Waals surface area contributed by atoms with Crippen molar-refractivity contribution in [1.29, 1.82) is 0 Å². The zero-order valence-corrected chi connectivity index (χ0v) is 7.95. The van der Waals surface area contributed by atoms with Crippen LogP contribution in [0.5, 0.6) is 0 Å². The second-order valence-corrected chi connectivity index (χ2v) is 2.31. The maximum Gasteiger partial charge on any atom is 0.256 e. The first kappa shape index (κ1) is 12.3. The highest BCUT2D eigenvalue weighted by Crippen LogP contribution is 1.99. The quantitative estimate of drug-likeness (QED) is 0.210. The van der Waals surface area contributed by atoms with E-state index in [1.165, 1.54) is 0 Å². The molecule has 0 heterocycles. The first-order valence-electron chi connectivity index (χ1n) is 4.16. The summed E-state index contributed by atoms with van der Waals surface area (Å²) in [5.41, 5.74) is 7.44. The monoisotopic (exact) mass is 191 g/mol. The van der Waals surface area contributed by atoms with Gasteiger partial charge >= 0.3 is 0 Å². The lowest BCUT2D eigenvalue weighted by molar-refractivity contribution is -0.160. The van der Waals surface area contributed by atoms with Crippen molar-refractivity contribution < 1.29 is 14.3 Å². The molecule has 0 aliphatic carbocycles. The number of amides is 1. The largest absolute Gasteiger partial charge is 0.351 e. The number of rotatable bonds is 6. The molecule has 1 atom stereocenters. The van der Waals surface area contributed by atoms with Crippen molar-refractivity contribution >= 4 is 5.91 Å². The minimum absolute atomic E-state index is 0.427. The molecule has 0 saturated carbocycles. The molecule has 6 heteroatoms. The van der Waals surface area contributed by atoms with Gasteiger partial charge in [0.15, 0.2) is 6.29 Å². The molecule has 1 unspecified atom stereocenters. The number of hydrogen-bond acceptors (Lipinski definition) is 5. The predicted octanol–water partition coefficient (Wildman–Crippen LogP) is -1.30. The van der Waals surface area contributed by atoms with Crippen LogP contribution in [0, 0.1) is 0 Å². The lowest BCUT2D eigenvalue weighted by atomic mass is 10.3. The molecule has 0 aliphatic heterocycles. The third-order valence-corrected chi connectivity index (χ3v) is 1.40. The van der Waals surface area contributed by atoms with Crippen LogP contribution in [0.25, 0.3) is 0 Å². The molecule has 0 aliphatic rings. The van der Waals surface area contributed by atoms with E-state index in [-0.39, 0.29) is 0 Å². The Morgan fingerprint density at radius 1 is 1.38 bits per heavy atom. The molecule has 0 spiro atoms. The average molecular weight is 191 g/mol. The summed E-state index contributed by atoms with van der Waals surface area (Å²) in [6, 6.07) is -0.898. The average Bonchev–Trinajstić information content (AvgIpc) is 2.15. The molecule has 0 saturated heterocycles. The van der Waals surface area contributed by atoms with E-state index >= 15 is 0 Å². The Morgan fingerprint density at radius 3 is 2.15 bits per heavy atom. The highest BCUT2D eigenvalue weighted by Gasteiger charge is 2.24. The van der Waals surface area contributed by atoms with Gasteiger partial charge in [-0.2, -0.15) is 0 Å². The van der Waals surface area contributed by atoms with Crippen LogP contribution < -0.4 is 17.0 Å². The zero-order valence-electron chi connectivity index (χ0n) is 7.95. The Labute approximate surface area is 77.5 Å². The summed E-state index contributed by atoms with van der Waals surface area (Å²) in [4.78, 5) is 11.0. The number of nitrogens with one attached hydrogen (secondary N) is 1. The number of nitrogens with two attached hydrogens (primary N) is 2. The van der Waals surface area contributed by atoms with Gasteiger partial charge in [0.2, 0.25) is 0 Å². The Kier molecular flexibility index (Phi) is 6.43. The van der Waals surface area contributed by atoms with Crippen LogP contribution in [0.1, 0.15) is 13.8 Å². The minimum Gasteiger partial charge on any atom is -0.351 e. The van der Waals surface area contributed by atoms with Crippen molar-refractivity contribution in [3.8, 4) is 0 Å². The van der Waals surface area contributed by atoms with Crippen LogP contribution in [0.2, 0.25) is 0 Å². The van der Waals surface area contributed by atoms with Crippen molar-refractivity contribution in [2.24, 2.45) is 11.6 Å². The molecule has 0 rings (SSSR count). The van der Waals surface area contributed by atoms with Crippen molar-refractivity contribution in [3.05, 3.63) is 0 Å². The fraction of sp³-hybridized carbons (Fsp3) is 0.857. The van der Waals surface area contributed by atoms with E-state index in [0.29, 0.717) is 13.2 Å². The van der Waals surface area contributed by atoms with Crippen LogP contribution in [0.15, 0.2) is 0 Å². The standard InChI is InChI=1S/C7H17N3O3/c1-3-12-7(13-4-2)5(8)6(11)10-9/h5,7H,3-4,8-9H2,1-2H3,(H,10,11). The summed E-state index contributed by atoms with van der Waals surface area (Å²) in [6.07, 6.45) is -0.737. The third kappa shape index (κ3) is 4.18. The SMILES string of the molecule is CCOC(OCC)C(N)C(=O)NN. The van der Waals surface area contributed by atoms with Gasteiger partial charge in [-0.05, 0) is 13.8 Å². The summed E-state index contributed by atoms with van der Waals surface area (Å²) in [5.74, 6) is 4.40. The molecule has 0 aromatic rings. The van der Waals surface area contributed by atoms with Crippen molar-refractivity contribution in [2.75, 3.05) is 13.2 Å². The fourth-order valence-electron chi connectivity index (χ4n) is 0.804. The summed E-state index contributed by atoms with van der Waals surface area (Å²) >= 11 is 0. The Morgan fingerprint density at radius 2 is 1.85 bits per heavy atom. The second kappa shape index (κ2) is 6.79. The van der Waals surface area contributed by atoms with Crippen LogP contribution in [0.3, 0.4) is 0 Å². The third-order valence-electron chi connectivity index (χ3n) is 1.40. The number of hydrogen-bond donors (Lipinski definition) is 3. The first-order chi connectivity index (χ1) is 6.17. The van der Waals surface area contributed by atoms with Gasteiger partial charge < -0.3 is 15.2 Å². The van der Waals surface area contributed by atoms with Crippen LogP contribution in [-0.2, 0) is 14.3 Å². The van der Waals surface area contributed by atoms with Gasteiger partial charge in [-0.15, -0.1) is 0 Å². The zero-order chi connectivity index (χ0) is 10.3. The smallest absolute Gasteiger partial charge is 0.256 e. The lowest BCUT2D eigenvalue weighted by Crippen LogP contribution is -2.52. The van der Waals surface area contributed by atoms with E-state index in [9.17, 15) is 4.79 Å². The molecule has 0 aromatic heterocycles. The van der Waals surface area contributed by atoms with Gasteiger partial charge in [-0.1, -0.05) is 0 Å². The van der Waals surface area contributed by atoms with E-state index in [2.05, 4.69) is 0 Å². The summed E-state index contributed by atoms with van der Waals surface area (Å²) in [6.45, 7) is 4.44. The van der Waals surface area contributed by atoms with Crippen molar-refractivity contribution in [1.82, 2.24) is 5.43 Å². The number of carbonyl (C=O) groups excluding carboxylic acids is 1.